The number of hydrogen-bond donors (Lipinski definition) is 2. The molecule has 0 spiro atoms. The predicted molar refractivity (Wildman–Crippen MR) is 83.0 cm³/mol. The van der Waals surface area contributed by atoms with E-state index in [-0.39, 0.29) is 6.61 Å². The molecular weight excluding hydrogens is 260 g/mol. The van der Waals surface area contributed by atoms with E-state index in [1.807, 2.05) is 12.1 Å². The van der Waals surface area contributed by atoms with Gasteiger partial charge in [-0.1, -0.05) is 24.6 Å². The summed E-state index contributed by atoms with van der Waals surface area (Å²) in [6.07, 6.45) is 1.12. The Labute approximate surface area is 121 Å². The fourth-order valence-corrected chi connectivity index (χ4v) is 2.28. The van der Waals surface area contributed by atoms with Crippen LogP contribution in [0.3, 0.4) is 0 Å². The molecule has 0 aromatic heterocycles. The number of aliphatic hydroxyl groups is 1. The fraction of sp³-hybridized carbons (Fsp3) is 0.600. The van der Waals surface area contributed by atoms with E-state index in [2.05, 4.69) is 37.1 Å². The lowest BCUT2D eigenvalue weighted by molar-refractivity contribution is 0.299. The average molecular weight is 285 g/mol. The average Bonchev–Trinajstić information content (AvgIpc) is 2.37. The van der Waals surface area contributed by atoms with Gasteiger partial charge in [0.05, 0.1) is 6.61 Å². The van der Waals surface area contributed by atoms with Crippen LogP contribution in [0.5, 0.6) is 0 Å². The van der Waals surface area contributed by atoms with Crippen LogP contribution in [0.25, 0.3) is 0 Å². The van der Waals surface area contributed by atoms with Crippen molar-refractivity contribution in [2.45, 2.75) is 39.8 Å². The third kappa shape index (κ3) is 5.01. The number of aliphatic hydroxyl groups excluding tert-OH is 1. The molecule has 108 valence electrons. The van der Waals surface area contributed by atoms with Crippen molar-refractivity contribution in [3.05, 3.63) is 28.8 Å². The molecule has 0 saturated heterocycles. The van der Waals surface area contributed by atoms with Crippen molar-refractivity contribution in [3.63, 3.8) is 0 Å². The second-order valence-corrected chi connectivity index (χ2v) is 5.40. The van der Waals surface area contributed by atoms with Crippen LogP contribution in [-0.2, 0) is 6.54 Å². The van der Waals surface area contributed by atoms with Crippen molar-refractivity contribution in [3.8, 4) is 0 Å². The Morgan fingerprint density at radius 3 is 2.68 bits per heavy atom. The van der Waals surface area contributed by atoms with Crippen molar-refractivity contribution in [2.75, 3.05) is 24.6 Å². The van der Waals surface area contributed by atoms with Crippen molar-refractivity contribution in [1.29, 1.82) is 0 Å². The largest absolute Gasteiger partial charge is 0.395 e. The van der Waals surface area contributed by atoms with Gasteiger partial charge in [-0.05, 0) is 44.5 Å². The Morgan fingerprint density at radius 2 is 2.11 bits per heavy atom. The number of nitrogens with zero attached hydrogens (tertiary/aromatic N) is 1. The lowest BCUT2D eigenvalue weighted by Gasteiger charge is -2.30. The summed E-state index contributed by atoms with van der Waals surface area (Å²) in [5.74, 6) is 0. The molecule has 0 bridgehead atoms. The third-order valence-electron chi connectivity index (χ3n) is 3.06. The number of halogens is 1. The highest BCUT2D eigenvalue weighted by Crippen LogP contribution is 2.26. The van der Waals surface area contributed by atoms with Gasteiger partial charge in [-0.2, -0.15) is 0 Å². The fourth-order valence-electron chi connectivity index (χ4n) is 2.12. The van der Waals surface area contributed by atoms with Gasteiger partial charge in [0.25, 0.3) is 0 Å². The summed E-state index contributed by atoms with van der Waals surface area (Å²) in [6, 6.07) is 6.30. The van der Waals surface area contributed by atoms with Crippen molar-refractivity contribution >= 4 is 17.3 Å². The minimum absolute atomic E-state index is 0.145. The Balaban J connectivity index is 2.96. The molecule has 0 radical (unpaired) electrons. The van der Waals surface area contributed by atoms with Gasteiger partial charge in [-0.15, -0.1) is 0 Å². The Kier molecular flexibility index (Phi) is 7.21. The standard InChI is InChI=1S/C15H25ClN2O/c1-4-7-17-11-13-5-6-14(16)10-15(13)18(8-9-19)12(2)3/h5-6,10,12,17,19H,4,7-9,11H2,1-3H3. The van der Waals surface area contributed by atoms with Crippen molar-refractivity contribution in [2.24, 2.45) is 0 Å². The highest BCUT2D eigenvalue weighted by molar-refractivity contribution is 6.30. The molecule has 3 nitrogen and oxygen atoms in total. The minimum Gasteiger partial charge on any atom is -0.395 e. The molecular formula is C15H25ClN2O. The molecule has 0 amide bonds. The summed E-state index contributed by atoms with van der Waals surface area (Å²) in [5.41, 5.74) is 2.33. The van der Waals surface area contributed by atoms with Crippen LogP contribution in [-0.4, -0.2) is 30.8 Å². The summed E-state index contributed by atoms with van der Waals surface area (Å²) in [4.78, 5) is 2.19. The summed E-state index contributed by atoms with van der Waals surface area (Å²) in [7, 11) is 0. The monoisotopic (exact) mass is 284 g/mol. The Bertz CT molecular complexity index is 382. The Morgan fingerprint density at radius 1 is 1.37 bits per heavy atom. The Hall–Kier alpha value is -0.770. The lowest BCUT2D eigenvalue weighted by atomic mass is 10.1. The van der Waals surface area contributed by atoms with Crippen LogP contribution in [0.2, 0.25) is 5.02 Å². The maximum atomic E-state index is 9.23. The molecule has 0 saturated carbocycles. The van der Waals surface area contributed by atoms with E-state index in [0.717, 1.165) is 30.2 Å². The first-order chi connectivity index (χ1) is 9.10. The molecule has 0 aliphatic heterocycles. The summed E-state index contributed by atoms with van der Waals surface area (Å²) >= 11 is 6.12. The summed E-state index contributed by atoms with van der Waals surface area (Å²) in [5, 5.41) is 13.4. The van der Waals surface area contributed by atoms with Gasteiger partial charge in [0.1, 0.15) is 0 Å². The quantitative estimate of drug-likeness (QED) is 0.720. The number of benzene rings is 1. The number of rotatable bonds is 8. The second-order valence-electron chi connectivity index (χ2n) is 4.96. The highest BCUT2D eigenvalue weighted by atomic mass is 35.5. The SMILES string of the molecule is CCCNCc1ccc(Cl)cc1N(CCO)C(C)C. The van der Waals surface area contributed by atoms with E-state index >= 15 is 0 Å². The summed E-state index contributed by atoms with van der Waals surface area (Å²) < 4.78 is 0. The van der Waals surface area contributed by atoms with Gasteiger partial charge in [-0.25, -0.2) is 0 Å². The van der Waals surface area contributed by atoms with E-state index in [0.29, 0.717) is 12.6 Å². The van der Waals surface area contributed by atoms with Crippen LogP contribution >= 0.6 is 11.6 Å². The van der Waals surface area contributed by atoms with E-state index in [4.69, 9.17) is 11.6 Å². The second kappa shape index (κ2) is 8.41. The van der Waals surface area contributed by atoms with Crippen LogP contribution in [0.15, 0.2) is 18.2 Å². The van der Waals surface area contributed by atoms with Crippen LogP contribution in [0.4, 0.5) is 5.69 Å². The minimum atomic E-state index is 0.145. The van der Waals surface area contributed by atoms with Gasteiger partial charge in [0.2, 0.25) is 0 Å². The lowest BCUT2D eigenvalue weighted by Crippen LogP contribution is -2.34. The zero-order valence-electron chi connectivity index (χ0n) is 12.1. The predicted octanol–water partition coefficient (Wildman–Crippen LogP) is 3.05. The van der Waals surface area contributed by atoms with E-state index < -0.39 is 0 Å². The smallest absolute Gasteiger partial charge is 0.0606 e. The molecule has 0 aliphatic rings. The first kappa shape index (κ1) is 16.3. The molecule has 0 atom stereocenters. The maximum Gasteiger partial charge on any atom is 0.0606 e. The van der Waals surface area contributed by atoms with E-state index in [1.54, 1.807) is 0 Å². The van der Waals surface area contributed by atoms with Gasteiger partial charge in [-0.3, -0.25) is 0 Å². The summed E-state index contributed by atoms with van der Waals surface area (Å²) in [6.45, 7) is 9.01. The molecule has 1 aromatic carbocycles. The van der Waals surface area contributed by atoms with Crippen LogP contribution in [0, 0.1) is 0 Å². The van der Waals surface area contributed by atoms with Gasteiger partial charge in [0.15, 0.2) is 0 Å². The van der Waals surface area contributed by atoms with Gasteiger partial charge in [0, 0.05) is 29.8 Å². The van der Waals surface area contributed by atoms with E-state index in [1.165, 1.54) is 5.56 Å². The molecule has 1 aromatic rings. The molecule has 0 fully saturated rings. The third-order valence-corrected chi connectivity index (χ3v) is 3.30. The first-order valence-corrected chi connectivity index (χ1v) is 7.34. The zero-order valence-corrected chi connectivity index (χ0v) is 12.9. The van der Waals surface area contributed by atoms with E-state index in [9.17, 15) is 5.11 Å². The molecule has 0 aliphatic carbocycles. The zero-order chi connectivity index (χ0) is 14.3. The van der Waals surface area contributed by atoms with Crippen molar-refractivity contribution in [1.82, 2.24) is 5.32 Å². The van der Waals surface area contributed by atoms with Crippen LogP contribution in [0.1, 0.15) is 32.8 Å². The molecule has 2 N–H and O–H groups in total. The number of anilines is 1. The van der Waals surface area contributed by atoms with Crippen LogP contribution < -0.4 is 10.2 Å². The maximum absolute atomic E-state index is 9.23. The van der Waals surface area contributed by atoms with Gasteiger partial charge >= 0.3 is 0 Å². The van der Waals surface area contributed by atoms with Crippen molar-refractivity contribution < 1.29 is 5.11 Å². The topological polar surface area (TPSA) is 35.5 Å². The highest BCUT2D eigenvalue weighted by Gasteiger charge is 2.14. The first-order valence-electron chi connectivity index (χ1n) is 6.96. The molecule has 4 heteroatoms. The molecule has 0 heterocycles. The number of nitrogens with one attached hydrogen (secondary N) is 1. The molecule has 1 rings (SSSR count). The molecule has 19 heavy (non-hydrogen) atoms. The molecule has 0 unspecified atom stereocenters. The number of hydrogen-bond acceptors (Lipinski definition) is 3. The van der Waals surface area contributed by atoms with Gasteiger partial charge < -0.3 is 15.3 Å². The normalized spacial score (nSPS) is 11.1.